The molecule has 0 aromatic heterocycles. The molecule has 1 aliphatic rings. The van der Waals surface area contributed by atoms with Crippen molar-refractivity contribution in [3.63, 3.8) is 0 Å². The number of likely N-dealkylation sites (N-methyl/N-ethyl adjacent to an activating group) is 1. The summed E-state index contributed by atoms with van der Waals surface area (Å²) < 4.78 is 0. The van der Waals surface area contributed by atoms with Gasteiger partial charge in [0.1, 0.15) is 0 Å². The molecule has 1 fully saturated rings. The number of hydrogen-bond donors (Lipinski definition) is 2. The highest BCUT2D eigenvalue weighted by molar-refractivity contribution is 5.85. The van der Waals surface area contributed by atoms with Crippen molar-refractivity contribution in [3.05, 3.63) is 0 Å². The van der Waals surface area contributed by atoms with Crippen molar-refractivity contribution < 1.29 is 4.79 Å². The predicted octanol–water partition coefficient (Wildman–Crippen LogP) is -0.162. The van der Waals surface area contributed by atoms with Crippen molar-refractivity contribution in [1.82, 2.24) is 15.5 Å². The maximum absolute atomic E-state index is 11.3. The fraction of sp³-hybridized carbons (Fsp3) is 0.889. The molecule has 1 heterocycles. The number of nitrogens with zero attached hydrogens (tertiary/aromatic N) is 1. The van der Waals surface area contributed by atoms with Gasteiger partial charge in [-0.3, -0.25) is 4.79 Å². The van der Waals surface area contributed by atoms with E-state index >= 15 is 0 Å². The van der Waals surface area contributed by atoms with E-state index in [2.05, 4.69) is 10.6 Å². The van der Waals surface area contributed by atoms with Crippen LogP contribution in [0.4, 0.5) is 0 Å². The molecule has 5 heteroatoms. The Hall–Kier alpha value is -0.320. The molecule has 1 amide bonds. The van der Waals surface area contributed by atoms with Crippen molar-refractivity contribution in [2.24, 2.45) is 0 Å². The van der Waals surface area contributed by atoms with Gasteiger partial charge in [-0.1, -0.05) is 0 Å². The maximum Gasteiger partial charge on any atom is 0.234 e. The number of amides is 1. The summed E-state index contributed by atoms with van der Waals surface area (Å²) in [7, 11) is 3.80. The van der Waals surface area contributed by atoms with E-state index in [1.165, 1.54) is 0 Å². The Morgan fingerprint density at radius 1 is 1.57 bits per heavy atom. The quantitative estimate of drug-likeness (QED) is 0.696. The Kier molecular flexibility index (Phi) is 6.87. The lowest BCUT2D eigenvalue weighted by atomic mass is 10.1. The molecule has 84 valence electrons. The third-order valence-electron chi connectivity index (χ3n) is 2.12. The normalized spacial score (nSPS) is 21.5. The second kappa shape index (κ2) is 7.04. The van der Waals surface area contributed by atoms with Crippen molar-refractivity contribution in [3.8, 4) is 0 Å². The summed E-state index contributed by atoms with van der Waals surface area (Å²) >= 11 is 0. The number of rotatable bonds is 3. The largest absolute Gasteiger partial charge is 0.351 e. The summed E-state index contributed by atoms with van der Waals surface area (Å²) in [6.45, 7) is 2.48. The highest BCUT2D eigenvalue weighted by Gasteiger charge is 2.14. The number of piperidine rings is 1. The van der Waals surface area contributed by atoms with Crippen LogP contribution in [0.1, 0.15) is 12.8 Å². The van der Waals surface area contributed by atoms with Crippen molar-refractivity contribution in [2.75, 3.05) is 33.7 Å². The molecule has 1 aliphatic heterocycles. The summed E-state index contributed by atoms with van der Waals surface area (Å²) in [4.78, 5) is 13.2. The first-order valence-electron chi connectivity index (χ1n) is 4.83. The molecule has 0 aromatic carbocycles. The minimum Gasteiger partial charge on any atom is -0.351 e. The van der Waals surface area contributed by atoms with Crippen LogP contribution in [0, 0.1) is 0 Å². The molecule has 1 atom stereocenters. The molecule has 0 spiro atoms. The third-order valence-corrected chi connectivity index (χ3v) is 2.12. The van der Waals surface area contributed by atoms with E-state index in [-0.39, 0.29) is 18.3 Å². The Bertz CT molecular complexity index is 169. The van der Waals surface area contributed by atoms with E-state index in [1.807, 2.05) is 19.0 Å². The summed E-state index contributed by atoms with van der Waals surface area (Å²) in [5.74, 6) is 0.124. The molecule has 0 aromatic rings. The zero-order valence-corrected chi connectivity index (χ0v) is 9.69. The first-order chi connectivity index (χ1) is 6.18. The van der Waals surface area contributed by atoms with Gasteiger partial charge in [-0.15, -0.1) is 12.4 Å². The first kappa shape index (κ1) is 13.7. The molecule has 1 saturated heterocycles. The van der Waals surface area contributed by atoms with E-state index in [1.54, 1.807) is 0 Å². The van der Waals surface area contributed by atoms with Crippen molar-refractivity contribution in [2.45, 2.75) is 18.9 Å². The van der Waals surface area contributed by atoms with Gasteiger partial charge in [0.25, 0.3) is 0 Å². The topological polar surface area (TPSA) is 44.4 Å². The average molecular weight is 222 g/mol. The van der Waals surface area contributed by atoms with Gasteiger partial charge in [0.2, 0.25) is 5.91 Å². The summed E-state index contributed by atoms with van der Waals surface area (Å²) in [6, 6.07) is 0.334. The van der Waals surface area contributed by atoms with Gasteiger partial charge in [0.15, 0.2) is 0 Å². The van der Waals surface area contributed by atoms with Crippen LogP contribution in [-0.4, -0.2) is 50.6 Å². The van der Waals surface area contributed by atoms with E-state index in [9.17, 15) is 4.79 Å². The van der Waals surface area contributed by atoms with Crippen LogP contribution >= 0.6 is 12.4 Å². The standard InChI is InChI=1S/C9H19N3O.ClH/c1-12(2)7-9(13)11-8-4-3-5-10-6-8;/h8,10H,3-7H2,1-2H3,(H,11,13);1H/t8-;/m1./s1. The number of nitrogens with one attached hydrogen (secondary N) is 2. The third kappa shape index (κ3) is 5.42. The molecule has 0 aliphatic carbocycles. The first-order valence-corrected chi connectivity index (χ1v) is 4.83. The molecular weight excluding hydrogens is 202 g/mol. The van der Waals surface area contributed by atoms with Gasteiger partial charge < -0.3 is 15.5 Å². The van der Waals surface area contributed by atoms with Crippen LogP contribution in [0.2, 0.25) is 0 Å². The molecule has 4 nitrogen and oxygen atoms in total. The Morgan fingerprint density at radius 2 is 2.29 bits per heavy atom. The predicted molar refractivity (Wildman–Crippen MR) is 59.8 cm³/mol. The van der Waals surface area contributed by atoms with Gasteiger partial charge in [-0.05, 0) is 33.5 Å². The minimum atomic E-state index is 0. The Balaban J connectivity index is 0.00000169. The monoisotopic (exact) mass is 221 g/mol. The van der Waals surface area contributed by atoms with E-state index in [0.29, 0.717) is 12.6 Å². The second-order valence-electron chi connectivity index (χ2n) is 3.85. The molecule has 0 saturated carbocycles. The van der Waals surface area contributed by atoms with Gasteiger partial charge in [0.05, 0.1) is 6.54 Å². The minimum absolute atomic E-state index is 0. The lowest BCUT2D eigenvalue weighted by molar-refractivity contribution is -0.122. The van der Waals surface area contributed by atoms with E-state index < -0.39 is 0 Å². The van der Waals surface area contributed by atoms with E-state index in [4.69, 9.17) is 0 Å². The number of hydrogen-bond acceptors (Lipinski definition) is 3. The van der Waals surface area contributed by atoms with Crippen LogP contribution in [0.3, 0.4) is 0 Å². The second-order valence-corrected chi connectivity index (χ2v) is 3.85. The summed E-state index contributed by atoms with van der Waals surface area (Å²) in [5.41, 5.74) is 0. The van der Waals surface area contributed by atoms with Gasteiger partial charge >= 0.3 is 0 Å². The van der Waals surface area contributed by atoms with Crippen LogP contribution in [-0.2, 0) is 4.79 Å². The highest BCUT2D eigenvalue weighted by atomic mass is 35.5. The number of halogens is 1. The number of carbonyl (C=O) groups excluding carboxylic acids is 1. The van der Waals surface area contributed by atoms with Gasteiger partial charge in [-0.25, -0.2) is 0 Å². The molecule has 0 bridgehead atoms. The van der Waals surface area contributed by atoms with Crippen LogP contribution in [0.15, 0.2) is 0 Å². The van der Waals surface area contributed by atoms with Gasteiger partial charge in [-0.2, -0.15) is 0 Å². The lowest BCUT2D eigenvalue weighted by Gasteiger charge is -2.24. The summed E-state index contributed by atoms with van der Waals surface area (Å²) in [6.07, 6.45) is 2.26. The lowest BCUT2D eigenvalue weighted by Crippen LogP contribution is -2.47. The Labute approximate surface area is 91.8 Å². The molecule has 0 unspecified atom stereocenters. The molecule has 0 radical (unpaired) electrons. The molecular formula is C9H20ClN3O. The molecule has 1 rings (SSSR count). The molecule has 2 N–H and O–H groups in total. The SMILES string of the molecule is CN(C)CC(=O)N[C@@H]1CCCNC1.Cl. The van der Waals surface area contributed by atoms with Crippen molar-refractivity contribution >= 4 is 18.3 Å². The molecule has 14 heavy (non-hydrogen) atoms. The highest BCUT2D eigenvalue weighted by Crippen LogP contribution is 2.00. The van der Waals surface area contributed by atoms with Gasteiger partial charge in [0, 0.05) is 12.6 Å². The van der Waals surface area contributed by atoms with Crippen molar-refractivity contribution in [1.29, 1.82) is 0 Å². The maximum atomic E-state index is 11.3. The zero-order chi connectivity index (χ0) is 9.68. The van der Waals surface area contributed by atoms with Crippen LogP contribution < -0.4 is 10.6 Å². The van der Waals surface area contributed by atoms with Crippen LogP contribution in [0.25, 0.3) is 0 Å². The van der Waals surface area contributed by atoms with E-state index in [0.717, 1.165) is 25.9 Å². The smallest absolute Gasteiger partial charge is 0.234 e. The number of carbonyl (C=O) groups is 1. The summed E-state index contributed by atoms with van der Waals surface area (Å²) in [5, 5.41) is 6.27. The Morgan fingerprint density at radius 3 is 2.79 bits per heavy atom. The average Bonchev–Trinajstić information content (AvgIpc) is 2.04. The van der Waals surface area contributed by atoms with Crippen LogP contribution in [0.5, 0.6) is 0 Å². The zero-order valence-electron chi connectivity index (χ0n) is 8.88. The fourth-order valence-corrected chi connectivity index (χ4v) is 1.54. The fourth-order valence-electron chi connectivity index (χ4n) is 1.54.